The van der Waals surface area contributed by atoms with E-state index in [1.807, 2.05) is 28.1 Å². The van der Waals surface area contributed by atoms with Crippen LogP contribution in [-0.2, 0) is 23.1 Å². The molecule has 9 heteroatoms. The van der Waals surface area contributed by atoms with Gasteiger partial charge in [0.05, 0.1) is 34.4 Å². The summed E-state index contributed by atoms with van der Waals surface area (Å²) in [7, 11) is 1.54. The first-order valence-electron chi connectivity index (χ1n) is 14.4. The van der Waals surface area contributed by atoms with Crippen molar-refractivity contribution < 1.29 is 37.6 Å². The van der Waals surface area contributed by atoms with Crippen molar-refractivity contribution in [3.05, 3.63) is 0 Å². The first kappa shape index (κ1) is 36.5. The van der Waals surface area contributed by atoms with Crippen LogP contribution in [0.15, 0.2) is 0 Å². The van der Waals surface area contributed by atoms with E-state index in [0.29, 0.717) is 16.9 Å². The molecule has 8 nitrogen and oxygen atoms in total. The Morgan fingerprint density at radius 2 is 1.30 bits per heavy atom. The highest BCUT2D eigenvalue weighted by Crippen LogP contribution is 2.43. The second kappa shape index (κ2) is 19.5. The van der Waals surface area contributed by atoms with Gasteiger partial charge in [0.1, 0.15) is 19.3 Å². The number of aliphatic hydroxyl groups excluding tert-OH is 1. The summed E-state index contributed by atoms with van der Waals surface area (Å²) < 4.78 is 27.7. The zero-order valence-corrected chi connectivity index (χ0v) is 26.0. The van der Waals surface area contributed by atoms with Gasteiger partial charge in [-0.2, -0.15) is 0 Å². The molecule has 0 radical (unpaired) electrons. The van der Waals surface area contributed by atoms with Crippen molar-refractivity contribution in [1.29, 1.82) is 0 Å². The number of phosphoric ester groups is 1. The standard InChI is InChI=1S/C28H58NO7P/c1-23(2)12-9-13-24(3)14-10-15-25(4)16-11-17-26(5)20-28(31)36-27(21-30)22-35-37(32,33)34-19-18-29(6,7)8/h23-27,30H,9-22H2,1-8H3/p+1/t24?,25?,26?,27-/m0/s1. The molecule has 0 aliphatic heterocycles. The van der Waals surface area contributed by atoms with E-state index in [9.17, 15) is 19.4 Å². The van der Waals surface area contributed by atoms with Crippen LogP contribution in [0.2, 0.25) is 0 Å². The Morgan fingerprint density at radius 1 is 0.811 bits per heavy atom. The van der Waals surface area contributed by atoms with Crippen LogP contribution in [0.3, 0.4) is 0 Å². The molecule has 222 valence electrons. The van der Waals surface area contributed by atoms with E-state index in [1.165, 1.54) is 38.5 Å². The number of aliphatic hydroxyl groups is 1. The zero-order valence-electron chi connectivity index (χ0n) is 25.1. The number of esters is 1. The number of rotatable bonds is 23. The van der Waals surface area contributed by atoms with E-state index < -0.39 is 33.1 Å². The SMILES string of the molecule is CC(C)CCCC(C)CCCC(C)CCCC(C)CC(=O)O[C@@H](CO)COP(=O)(O)OCC[N+](C)(C)C. The van der Waals surface area contributed by atoms with Crippen molar-refractivity contribution in [2.75, 3.05) is 47.5 Å². The quantitative estimate of drug-likeness (QED) is 0.0884. The molecule has 0 saturated carbocycles. The fourth-order valence-electron chi connectivity index (χ4n) is 4.18. The molecule has 0 aromatic rings. The predicted octanol–water partition coefficient (Wildman–Crippen LogP) is 6.20. The fraction of sp³-hybridized carbons (Fsp3) is 0.964. The van der Waals surface area contributed by atoms with Crippen LogP contribution in [-0.4, -0.2) is 74.1 Å². The van der Waals surface area contributed by atoms with Crippen LogP contribution in [0.1, 0.15) is 98.8 Å². The van der Waals surface area contributed by atoms with Crippen molar-refractivity contribution in [2.45, 2.75) is 105 Å². The van der Waals surface area contributed by atoms with Gasteiger partial charge in [-0.15, -0.1) is 0 Å². The Bertz CT molecular complexity index is 639. The molecular formula is C28H59NO7P+. The van der Waals surface area contributed by atoms with Crippen LogP contribution in [0, 0.1) is 23.7 Å². The number of likely N-dealkylation sites (N-methyl/N-ethyl adjacent to an activating group) is 1. The van der Waals surface area contributed by atoms with E-state index >= 15 is 0 Å². The summed E-state index contributed by atoms with van der Waals surface area (Å²) in [5, 5.41) is 9.49. The van der Waals surface area contributed by atoms with Crippen LogP contribution in [0.25, 0.3) is 0 Å². The summed E-state index contributed by atoms with van der Waals surface area (Å²) in [5.41, 5.74) is 0. The number of quaternary nitrogens is 1. The first-order valence-corrected chi connectivity index (χ1v) is 15.9. The Balaban J connectivity index is 4.08. The van der Waals surface area contributed by atoms with Gasteiger partial charge in [-0.05, 0) is 23.7 Å². The highest BCUT2D eigenvalue weighted by molar-refractivity contribution is 7.47. The molecule has 0 heterocycles. The molecule has 37 heavy (non-hydrogen) atoms. The highest BCUT2D eigenvalue weighted by Gasteiger charge is 2.26. The van der Waals surface area contributed by atoms with Gasteiger partial charge in [-0.25, -0.2) is 4.57 Å². The Kier molecular flexibility index (Phi) is 19.3. The molecule has 4 unspecified atom stereocenters. The molecule has 0 bridgehead atoms. The Morgan fingerprint density at radius 3 is 1.76 bits per heavy atom. The van der Waals surface area contributed by atoms with Gasteiger partial charge in [-0.1, -0.05) is 92.4 Å². The van der Waals surface area contributed by atoms with E-state index in [4.69, 9.17) is 13.8 Å². The van der Waals surface area contributed by atoms with E-state index in [0.717, 1.165) is 31.1 Å². The topological polar surface area (TPSA) is 102 Å². The van der Waals surface area contributed by atoms with Crippen molar-refractivity contribution in [1.82, 2.24) is 0 Å². The van der Waals surface area contributed by atoms with Gasteiger partial charge in [-0.3, -0.25) is 13.8 Å². The summed E-state index contributed by atoms with van der Waals surface area (Å²) in [4.78, 5) is 22.1. The van der Waals surface area contributed by atoms with Crippen LogP contribution in [0.5, 0.6) is 0 Å². The Hall–Kier alpha value is -0.500. The molecule has 0 aliphatic rings. The summed E-state index contributed by atoms with van der Waals surface area (Å²) >= 11 is 0. The van der Waals surface area contributed by atoms with Crippen molar-refractivity contribution >= 4 is 13.8 Å². The number of hydrogen-bond donors (Lipinski definition) is 2. The van der Waals surface area contributed by atoms with Gasteiger partial charge in [0.25, 0.3) is 0 Å². The smallest absolute Gasteiger partial charge is 0.457 e. The van der Waals surface area contributed by atoms with E-state index in [1.54, 1.807) is 0 Å². The van der Waals surface area contributed by atoms with Gasteiger partial charge >= 0.3 is 13.8 Å². The molecular weight excluding hydrogens is 493 g/mol. The van der Waals surface area contributed by atoms with Gasteiger partial charge < -0.3 is 19.2 Å². The first-order chi connectivity index (χ1) is 17.1. The highest BCUT2D eigenvalue weighted by atomic mass is 31.2. The molecule has 0 aliphatic carbocycles. The molecule has 0 amide bonds. The van der Waals surface area contributed by atoms with Gasteiger partial charge in [0.2, 0.25) is 0 Å². The number of phosphoric acid groups is 1. The molecule has 0 saturated heterocycles. The normalized spacial score (nSPS) is 17.3. The zero-order chi connectivity index (χ0) is 28.5. The average molecular weight is 553 g/mol. The molecule has 0 spiro atoms. The third kappa shape index (κ3) is 23.1. The second-order valence-corrected chi connectivity index (χ2v) is 14.1. The number of nitrogens with zero attached hydrogens (tertiary/aromatic N) is 1. The monoisotopic (exact) mass is 552 g/mol. The minimum absolute atomic E-state index is 0.0502. The largest absolute Gasteiger partial charge is 0.472 e. The molecule has 0 rings (SSSR count). The number of ether oxygens (including phenoxy) is 1. The van der Waals surface area contributed by atoms with E-state index in [2.05, 4.69) is 27.7 Å². The fourth-order valence-corrected chi connectivity index (χ4v) is 4.92. The molecule has 5 atom stereocenters. The lowest BCUT2D eigenvalue weighted by molar-refractivity contribution is -0.870. The molecule has 2 N–H and O–H groups in total. The lowest BCUT2D eigenvalue weighted by atomic mass is 9.91. The second-order valence-electron chi connectivity index (χ2n) is 12.6. The summed E-state index contributed by atoms with van der Waals surface area (Å²) in [6.45, 7) is 11.0. The maximum atomic E-state index is 12.3. The number of carbonyl (C=O) groups is 1. The third-order valence-electron chi connectivity index (χ3n) is 6.72. The van der Waals surface area contributed by atoms with Gasteiger partial charge in [0.15, 0.2) is 0 Å². The van der Waals surface area contributed by atoms with Gasteiger partial charge in [0, 0.05) is 6.42 Å². The minimum atomic E-state index is -4.28. The summed E-state index contributed by atoms with van der Waals surface area (Å²) in [5.74, 6) is 2.04. The van der Waals surface area contributed by atoms with Crippen LogP contribution in [0.4, 0.5) is 0 Å². The molecule has 0 aromatic heterocycles. The van der Waals surface area contributed by atoms with Crippen LogP contribution >= 0.6 is 7.82 Å². The average Bonchev–Trinajstić information content (AvgIpc) is 2.75. The maximum Gasteiger partial charge on any atom is 0.472 e. The number of carbonyl (C=O) groups excluding carboxylic acids is 1. The lowest BCUT2D eigenvalue weighted by Gasteiger charge is -2.24. The van der Waals surface area contributed by atoms with Crippen LogP contribution < -0.4 is 0 Å². The van der Waals surface area contributed by atoms with Crippen molar-refractivity contribution in [2.24, 2.45) is 23.7 Å². The minimum Gasteiger partial charge on any atom is -0.457 e. The Labute approximate surface area is 227 Å². The lowest BCUT2D eigenvalue weighted by Crippen LogP contribution is -2.37. The summed E-state index contributed by atoms with van der Waals surface area (Å²) in [6.07, 6.45) is 10.3. The predicted molar refractivity (Wildman–Crippen MR) is 150 cm³/mol. The number of hydrogen-bond acceptors (Lipinski definition) is 6. The third-order valence-corrected chi connectivity index (χ3v) is 7.71. The summed E-state index contributed by atoms with van der Waals surface area (Å²) in [6, 6.07) is 0. The maximum absolute atomic E-state index is 12.3. The molecule has 0 fully saturated rings. The van der Waals surface area contributed by atoms with E-state index in [-0.39, 0.29) is 18.9 Å². The van der Waals surface area contributed by atoms with Crippen molar-refractivity contribution in [3.63, 3.8) is 0 Å². The van der Waals surface area contributed by atoms with Crippen molar-refractivity contribution in [3.8, 4) is 0 Å². The molecule has 0 aromatic carbocycles.